The minimum Gasteiger partial charge on any atom is -0.493 e. The average Bonchev–Trinajstić information content (AvgIpc) is 3.15. The summed E-state index contributed by atoms with van der Waals surface area (Å²) in [5.74, 6) is 0.841. The van der Waals surface area contributed by atoms with E-state index in [1.54, 1.807) is 6.08 Å². The van der Waals surface area contributed by atoms with Gasteiger partial charge in [-0.15, -0.1) is 0 Å². The van der Waals surface area contributed by atoms with Crippen LogP contribution in [0.3, 0.4) is 0 Å². The molecule has 0 bridgehead atoms. The van der Waals surface area contributed by atoms with Gasteiger partial charge in [-0.05, 0) is 72.9 Å². The van der Waals surface area contributed by atoms with Crippen LogP contribution in [0, 0.1) is 0 Å². The van der Waals surface area contributed by atoms with Crippen molar-refractivity contribution in [1.82, 2.24) is 0 Å². The molecule has 0 unspecified atom stereocenters. The van der Waals surface area contributed by atoms with Crippen molar-refractivity contribution in [2.45, 2.75) is 25.7 Å². The Balaban J connectivity index is 1.35. The Morgan fingerprint density at radius 2 is 1.85 bits per heavy atom. The topological polar surface area (TPSA) is 41.6 Å². The zero-order valence-electron chi connectivity index (χ0n) is 14.9. The molecule has 4 heteroatoms. The van der Waals surface area contributed by atoms with Gasteiger partial charge < -0.3 is 15.0 Å². The number of nitrogens with one attached hydrogen (secondary N) is 1. The van der Waals surface area contributed by atoms with Gasteiger partial charge in [-0.3, -0.25) is 4.79 Å². The van der Waals surface area contributed by atoms with Crippen molar-refractivity contribution in [3.63, 3.8) is 0 Å². The summed E-state index contributed by atoms with van der Waals surface area (Å²) in [5, 5.41) is 2.93. The Morgan fingerprint density at radius 1 is 1.04 bits per heavy atom. The maximum Gasteiger partial charge on any atom is 0.248 e. The van der Waals surface area contributed by atoms with Crippen LogP contribution < -0.4 is 15.0 Å². The highest BCUT2D eigenvalue weighted by Gasteiger charge is 2.12. The van der Waals surface area contributed by atoms with Crippen molar-refractivity contribution in [2.24, 2.45) is 0 Å². The molecule has 2 aliphatic heterocycles. The molecular weight excluding hydrogens is 324 g/mol. The zero-order chi connectivity index (χ0) is 17.8. The van der Waals surface area contributed by atoms with E-state index in [1.807, 2.05) is 30.3 Å². The number of fused-ring (bicyclic) bond motifs is 1. The van der Waals surface area contributed by atoms with Gasteiger partial charge in [-0.2, -0.15) is 0 Å². The maximum absolute atomic E-state index is 12.2. The average molecular weight is 348 g/mol. The summed E-state index contributed by atoms with van der Waals surface area (Å²) in [6, 6.07) is 14.2. The molecule has 4 rings (SSSR count). The molecule has 0 atom stereocenters. The SMILES string of the molecule is O=C(C=Cc1ccc2c(c1)CCO2)Nc1ccc(N2CCCCC2)cc1. The van der Waals surface area contributed by atoms with Gasteiger partial charge in [0.15, 0.2) is 0 Å². The monoisotopic (exact) mass is 348 g/mol. The first-order valence-electron chi connectivity index (χ1n) is 9.38. The molecule has 1 N–H and O–H groups in total. The van der Waals surface area contributed by atoms with Gasteiger partial charge in [0.05, 0.1) is 6.61 Å². The van der Waals surface area contributed by atoms with E-state index >= 15 is 0 Å². The third-order valence-electron chi connectivity index (χ3n) is 5.00. The summed E-state index contributed by atoms with van der Waals surface area (Å²) in [6.07, 6.45) is 8.21. The minimum absolute atomic E-state index is 0.118. The number of carbonyl (C=O) groups is 1. The molecule has 0 spiro atoms. The predicted molar refractivity (Wildman–Crippen MR) is 106 cm³/mol. The quantitative estimate of drug-likeness (QED) is 0.839. The minimum atomic E-state index is -0.118. The first-order chi connectivity index (χ1) is 12.8. The van der Waals surface area contributed by atoms with Crippen LogP contribution in [0.25, 0.3) is 6.08 Å². The fourth-order valence-electron chi connectivity index (χ4n) is 3.57. The molecule has 26 heavy (non-hydrogen) atoms. The molecule has 134 valence electrons. The summed E-state index contributed by atoms with van der Waals surface area (Å²) >= 11 is 0. The fourth-order valence-corrected chi connectivity index (χ4v) is 3.57. The van der Waals surface area contributed by atoms with Crippen LogP contribution in [-0.4, -0.2) is 25.6 Å². The number of piperidine rings is 1. The number of carbonyl (C=O) groups excluding carboxylic acids is 1. The Hall–Kier alpha value is -2.75. The largest absolute Gasteiger partial charge is 0.493 e. The van der Waals surface area contributed by atoms with Gasteiger partial charge in [-0.25, -0.2) is 0 Å². The third-order valence-corrected chi connectivity index (χ3v) is 5.00. The van der Waals surface area contributed by atoms with Crippen LogP contribution in [0.2, 0.25) is 0 Å². The molecule has 2 aromatic rings. The molecular formula is C22H24N2O2. The van der Waals surface area contributed by atoms with Crippen molar-refractivity contribution in [3.05, 3.63) is 59.7 Å². The van der Waals surface area contributed by atoms with Gasteiger partial charge >= 0.3 is 0 Å². The Labute approximate surface area is 154 Å². The van der Waals surface area contributed by atoms with Gasteiger partial charge in [0.1, 0.15) is 5.75 Å². The van der Waals surface area contributed by atoms with E-state index in [0.717, 1.165) is 43.1 Å². The van der Waals surface area contributed by atoms with Crippen molar-refractivity contribution < 1.29 is 9.53 Å². The standard InChI is InChI=1S/C22H24N2O2/c25-22(11-5-17-4-10-21-18(16-17)12-15-26-21)23-19-6-8-20(9-7-19)24-13-2-1-3-14-24/h4-11,16H,1-3,12-15H2,(H,23,25). The van der Waals surface area contributed by atoms with Gasteiger partial charge in [0, 0.05) is 37.0 Å². The number of amides is 1. The number of hydrogen-bond acceptors (Lipinski definition) is 3. The molecule has 1 amide bonds. The summed E-state index contributed by atoms with van der Waals surface area (Å²) < 4.78 is 5.50. The van der Waals surface area contributed by atoms with Crippen molar-refractivity contribution in [1.29, 1.82) is 0 Å². The third kappa shape index (κ3) is 3.90. The van der Waals surface area contributed by atoms with E-state index in [1.165, 1.54) is 30.5 Å². The Bertz CT molecular complexity index is 805. The van der Waals surface area contributed by atoms with E-state index < -0.39 is 0 Å². The van der Waals surface area contributed by atoms with Crippen molar-refractivity contribution >= 4 is 23.4 Å². The molecule has 2 aliphatic rings. The smallest absolute Gasteiger partial charge is 0.248 e. The number of hydrogen-bond donors (Lipinski definition) is 1. The normalized spacial score (nSPS) is 16.4. The number of anilines is 2. The highest BCUT2D eigenvalue weighted by atomic mass is 16.5. The van der Waals surface area contributed by atoms with Crippen LogP contribution >= 0.6 is 0 Å². The second-order valence-corrected chi connectivity index (χ2v) is 6.88. The number of rotatable bonds is 4. The fraction of sp³-hybridized carbons (Fsp3) is 0.318. The maximum atomic E-state index is 12.2. The van der Waals surface area contributed by atoms with E-state index in [4.69, 9.17) is 4.74 Å². The van der Waals surface area contributed by atoms with E-state index in [0.29, 0.717) is 0 Å². The van der Waals surface area contributed by atoms with Crippen LogP contribution in [0.15, 0.2) is 48.5 Å². The van der Waals surface area contributed by atoms with Crippen LogP contribution in [0.1, 0.15) is 30.4 Å². The van der Waals surface area contributed by atoms with Crippen LogP contribution in [0.5, 0.6) is 5.75 Å². The molecule has 2 heterocycles. The summed E-state index contributed by atoms with van der Waals surface area (Å²) in [5.41, 5.74) is 4.28. The lowest BCUT2D eigenvalue weighted by Gasteiger charge is -2.28. The van der Waals surface area contributed by atoms with E-state index in [9.17, 15) is 4.79 Å². The number of ether oxygens (including phenoxy) is 1. The molecule has 1 fully saturated rings. The van der Waals surface area contributed by atoms with Crippen LogP contribution in [0.4, 0.5) is 11.4 Å². The lowest BCUT2D eigenvalue weighted by atomic mass is 10.1. The lowest BCUT2D eigenvalue weighted by molar-refractivity contribution is -0.111. The number of nitrogens with zero attached hydrogens (tertiary/aromatic N) is 1. The molecule has 4 nitrogen and oxygen atoms in total. The summed E-state index contributed by atoms with van der Waals surface area (Å²) in [4.78, 5) is 14.6. The predicted octanol–water partition coefficient (Wildman–Crippen LogP) is 4.26. The van der Waals surface area contributed by atoms with Crippen molar-refractivity contribution in [2.75, 3.05) is 29.9 Å². The highest BCUT2D eigenvalue weighted by molar-refractivity contribution is 6.02. The molecule has 1 saturated heterocycles. The van der Waals surface area contributed by atoms with Gasteiger partial charge in [-0.1, -0.05) is 6.07 Å². The first kappa shape index (κ1) is 16.7. The van der Waals surface area contributed by atoms with Gasteiger partial charge in [0.25, 0.3) is 0 Å². The van der Waals surface area contributed by atoms with E-state index in [2.05, 4.69) is 28.4 Å². The van der Waals surface area contributed by atoms with E-state index in [-0.39, 0.29) is 5.91 Å². The van der Waals surface area contributed by atoms with Gasteiger partial charge in [0.2, 0.25) is 5.91 Å². The number of benzene rings is 2. The van der Waals surface area contributed by atoms with Crippen LogP contribution in [-0.2, 0) is 11.2 Å². The Morgan fingerprint density at radius 3 is 2.65 bits per heavy atom. The second kappa shape index (κ2) is 7.65. The molecule has 0 aliphatic carbocycles. The molecule has 0 saturated carbocycles. The highest BCUT2D eigenvalue weighted by Crippen LogP contribution is 2.26. The molecule has 2 aromatic carbocycles. The molecule has 0 radical (unpaired) electrons. The Kier molecular flexibility index (Phi) is 4.91. The zero-order valence-corrected chi connectivity index (χ0v) is 14.9. The van der Waals surface area contributed by atoms with Crippen molar-refractivity contribution in [3.8, 4) is 5.75 Å². The summed E-state index contributed by atoms with van der Waals surface area (Å²) in [6.45, 7) is 3.00. The summed E-state index contributed by atoms with van der Waals surface area (Å²) in [7, 11) is 0. The molecule has 0 aromatic heterocycles. The second-order valence-electron chi connectivity index (χ2n) is 6.88. The lowest BCUT2D eigenvalue weighted by Crippen LogP contribution is -2.29. The first-order valence-corrected chi connectivity index (χ1v) is 9.38.